The van der Waals surface area contributed by atoms with Gasteiger partial charge in [-0.3, -0.25) is 4.79 Å². The number of rotatable bonds is 6. The maximum absolute atomic E-state index is 11.9. The predicted octanol–water partition coefficient (Wildman–Crippen LogP) is 3.69. The molecule has 3 heteroatoms. The molecule has 1 unspecified atom stereocenters. The zero-order valence-electron chi connectivity index (χ0n) is 11.4. The van der Waals surface area contributed by atoms with Crippen molar-refractivity contribution >= 4 is 17.5 Å². The average Bonchev–Trinajstić information content (AvgIpc) is 2.32. The van der Waals surface area contributed by atoms with E-state index < -0.39 is 0 Å². The molecule has 0 aliphatic rings. The first-order valence-electron chi connectivity index (χ1n) is 6.45. The van der Waals surface area contributed by atoms with Crippen molar-refractivity contribution in [3.05, 3.63) is 34.9 Å². The Morgan fingerprint density at radius 1 is 1.28 bits per heavy atom. The van der Waals surface area contributed by atoms with Crippen molar-refractivity contribution in [2.45, 2.75) is 33.6 Å². The quantitative estimate of drug-likeness (QED) is 0.618. The summed E-state index contributed by atoms with van der Waals surface area (Å²) >= 11 is 5.74. The van der Waals surface area contributed by atoms with Gasteiger partial charge in [0, 0.05) is 18.0 Å². The molecule has 100 valence electrons. The summed E-state index contributed by atoms with van der Waals surface area (Å²) in [7, 11) is 0. The predicted molar refractivity (Wildman–Crippen MR) is 77.4 cm³/mol. The van der Waals surface area contributed by atoms with Gasteiger partial charge in [0.1, 0.15) is 0 Å². The Balaban J connectivity index is 2.41. The zero-order chi connectivity index (χ0) is 13.5. The highest BCUT2D eigenvalue weighted by molar-refractivity contribution is 6.18. The largest absolute Gasteiger partial charge is 0.352 e. The number of benzene rings is 1. The van der Waals surface area contributed by atoms with Crippen molar-refractivity contribution in [3.8, 4) is 0 Å². The van der Waals surface area contributed by atoms with Gasteiger partial charge in [0.05, 0.1) is 0 Å². The SMILES string of the molecule is Cc1cc(C)cc(C(=O)NCCCC(C)CCl)c1. The number of hydrogen-bond acceptors (Lipinski definition) is 1. The van der Waals surface area contributed by atoms with E-state index in [1.165, 1.54) is 0 Å². The second kappa shape index (κ2) is 7.42. The Morgan fingerprint density at radius 3 is 2.44 bits per heavy atom. The molecular formula is C15H22ClNO. The molecule has 0 aliphatic heterocycles. The first-order chi connectivity index (χ1) is 8.52. The normalized spacial score (nSPS) is 12.2. The molecule has 1 aromatic carbocycles. The monoisotopic (exact) mass is 267 g/mol. The smallest absolute Gasteiger partial charge is 0.251 e. The van der Waals surface area contributed by atoms with Gasteiger partial charge in [-0.1, -0.05) is 24.1 Å². The molecule has 1 aromatic rings. The van der Waals surface area contributed by atoms with E-state index >= 15 is 0 Å². The van der Waals surface area contributed by atoms with Crippen molar-refractivity contribution in [3.63, 3.8) is 0 Å². The first kappa shape index (κ1) is 15.0. The van der Waals surface area contributed by atoms with Crippen LogP contribution in [0.15, 0.2) is 18.2 Å². The molecule has 0 aliphatic carbocycles. The molecule has 0 saturated carbocycles. The fourth-order valence-corrected chi connectivity index (χ4v) is 2.09. The molecule has 0 spiro atoms. The highest BCUT2D eigenvalue weighted by Crippen LogP contribution is 2.09. The van der Waals surface area contributed by atoms with E-state index in [1.807, 2.05) is 26.0 Å². The lowest BCUT2D eigenvalue weighted by molar-refractivity contribution is 0.0952. The standard InChI is InChI=1S/C15H22ClNO/c1-11(10-16)5-4-6-17-15(18)14-8-12(2)7-13(3)9-14/h7-9,11H,4-6,10H2,1-3H3,(H,17,18). The summed E-state index contributed by atoms with van der Waals surface area (Å²) in [5.74, 6) is 1.22. The number of amides is 1. The van der Waals surface area contributed by atoms with E-state index in [0.717, 1.165) is 29.5 Å². The summed E-state index contributed by atoms with van der Waals surface area (Å²) < 4.78 is 0. The number of carbonyl (C=O) groups is 1. The Hall–Kier alpha value is -1.02. The molecule has 0 heterocycles. The van der Waals surface area contributed by atoms with Gasteiger partial charge in [-0.2, -0.15) is 0 Å². The van der Waals surface area contributed by atoms with Crippen LogP contribution in [0.5, 0.6) is 0 Å². The van der Waals surface area contributed by atoms with Crippen LogP contribution in [0.4, 0.5) is 0 Å². The van der Waals surface area contributed by atoms with E-state index in [2.05, 4.69) is 18.3 Å². The van der Waals surface area contributed by atoms with Crippen molar-refractivity contribution in [1.82, 2.24) is 5.32 Å². The number of alkyl halides is 1. The van der Waals surface area contributed by atoms with E-state index in [0.29, 0.717) is 18.3 Å². The highest BCUT2D eigenvalue weighted by atomic mass is 35.5. The molecule has 1 N–H and O–H groups in total. The maximum Gasteiger partial charge on any atom is 0.251 e. The molecule has 0 bridgehead atoms. The van der Waals surface area contributed by atoms with Gasteiger partial charge < -0.3 is 5.32 Å². The number of hydrogen-bond donors (Lipinski definition) is 1. The summed E-state index contributed by atoms with van der Waals surface area (Å²) in [6.45, 7) is 6.85. The van der Waals surface area contributed by atoms with Crippen LogP contribution in [0.3, 0.4) is 0 Å². The van der Waals surface area contributed by atoms with E-state index in [9.17, 15) is 4.79 Å². The molecule has 2 nitrogen and oxygen atoms in total. The molecule has 0 aromatic heterocycles. The number of nitrogens with one attached hydrogen (secondary N) is 1. The van der Waals surface area contributed by atoms with Gasteiger partial charge in [-0.15, -0.1) is 11.6 Å². The van der Waals surface area contributed by atoms with E-state index in [4.69, 9.17) is 11.6 Å². The van der Waals surface area contributed by atoms with E-state index in [-0.39, 0.29) is 5.91 Å². The minimum Gasteiger partial charge on any atom is -0.352 e. The fraction of sp³-hybridized carbons (Fsp3) is 0.533. The van der Waals surface area contributed by atoms with Gasteiger partial charge in [-0.05, 0) is 44.7 Å². The third-order valence-corrected chi connectivity index (χ3v) is 3.43. The minimum absolute atomic E-state index is 0.0142. The summed E-state index contributed by atoms with van der Waals surface area (Å²) in [5.41, 5.74) is 2.99. The maximum atomic E-state index is 11.9. The van der Waals surface area contributed by atoms with Crippen LogP contribution in [0.25, 0.3) is 0 Å². The molecule has 0 saturated heterocycles. The van der Waals surface area contributed by atoms with Gasteiger partial charge in [0.25, 0.3) is 5.91 Å². The van der Waals surface area contributed by atoms with Gasteiger partial charge in [0.2, 0.25) is 0 Å². The van der Waals surface area contributed by atoms with Gasteiger partial charge in [0.15, 0.2) is 0 Å². The lowest BCUT2D eigenvalue weighted by Crippen LogP contribution is -2.25. The summed E-state index contributed by atoms with van der Waals surface area (Å²) in [5, 5.41) is 2.95. The second-order valence-electron chi connectivity index (χ2n) is 5.03. The number of aryl methyl sites for hydroxylation is 2. The number of carbonyl (C=O) groups excluding carboxylic acids is 1. The van der Waals surface area contributed by atoms with Crippen molar-refractivity contribution in [2.24, 2.45) is 5.92 Å². The van der Waals surface area contributed by atoms with Gasteiger partial charge in [-0.25, -0.2) is 0 Å². The molecule has 1 atom stereocenters. The zero-order valence-corrected chi connectivity index (χ0v) is 12.2. The highest BCUT2D eigenvalue weighted by Gasteiger charge is 2.06. The van der Waals surface area contributed by atoms with Crippen LogP contribution in [-0.2, 0) is 0 Å². The summed E-state index contributed by atoms with van der Waals surface area (Å²) in [4.78, 5) is 11.9. The van der Waals surface area contributed by atoms with Crippen LogP contribution in [0.1, 0.15) is 41.3 Å². The Morgan fingerprint density at radius 2 is 1.89 bits per heavy atom. The molecule has 0 fully saturated rings. The van der Waals surface area contributed by atoms with Crippen LogP contribution < -0.4 is 5.32 Å². The van der Waals surface area contributed by atoms with Crippen molar-refractivity contribution < 1.29 is 4.79 Å². The topological polar surface area (TPSA) is 29.1 Å². The molecular weight excluding hydrogens is 246 g/mol. The summed E-state index contributed by atoms with van der Waals surface area (Å²) in [6, 6.07) is 5.91. The van der Waals surface area contributed by atoms with Crippen LogP contribution in [0, 0.1) is 19.8 Å². The van der Waals surface area contributed by atoms with Crippen LogP contribution in [-0.4, -0.2) is 18.3 Å². The van der Waals surface area contributed by atoms with Crippen molar-refractivity contribution in [2.75, 3.05) is 12.4 Å². The lowest BCUT2D eigenvalue weighted by atomic mass is 10.1. The average molecular weight is 268 g/mol. The Kier molecular flexibility index (Phi) is 6.20. The molecule has 1 rings (SSSR count). The third kappa shape index (κ3) is 5.09. The second-order valence-corrected chi connectivity index (χ2v) is 5.34. The minimum atomic E-state index is 0.0142. The van der Waals surface area contributed by atoms with Crippen molar-refractivity contribution in [1.29, 1.82) is 0 Å². The van der Waals surface area contributed by atoms with Gasteiger partial charge >= 0.3 is 0 Å². The first-order valence-corrected chi connectivity index (χ1v) is 6.99. The fourth-order valence-electron chi connectivity index (χ4n) is 1.94. The lowest BCUT2D eigenvalue weighted by Gasteiger charge is -2.09. The summed E-state index contributed by atoms with van der Waals surface area (Å²) in [6.07, 6.45) is 2.03. The van der Waals surface area contributed by atoms with Crippen LogP contribution >= 0.6 is 11.6 Å². The Bertz CT molecular complexity index is 383. The molecule has 0 radical (unpaired) electrons. The van der Waals surface area contributed by atoms with Crippen LogP contribution in [0.2, 0.25) is 0 Å². The molecule has 1 amide bonds. The third-order valence-electron chi connectivity index (χ3n) is 2.91. The number of halogens is 1. The van der Waals surface area contributed by atoms with E-state index in [1.54, 1.807) is 0 Å². The molecule has 18 heavy (non-hydrogen) atoms. The Labute approximate surface area is 115 Å².